The number of rotatable bonds is 6. The molecule has 1 N–H and O–H groups in total. The highest BCUT2D eigenvalue weighted by atomic mass is 32.2. The largest absolute Gasteiger partial charge is 0.240 e. The molecule has 1 unspecified atom stereocenters. The van der Waals surface area contributed by atoms with Crippen LogP contribution < -0.4 is 4.72 Å². The Kier molecular flexibility index (Phi) is 5.32. The molecule has 1 aromatic carbocycles. The molecule has 1 atom stereocenters. The number of nitriles is 1. The summed E-state index contributed by atoms with van der Waals surface area (Å²) in [5.74, 6) is 0. The van der Waals surface area contributed by atoms with Gasteiger partial charge in [-0.3, -0.25) is 0 Å². The predicted octanol–water partition coefficient (Wildman–Crippen LogP) is 2.42. The molecule has 1 rings (SSSR count). The van der Waals surface area contributed by atoms with E-state index in [1.54, 1.807) is 0 Å². The first kappa shape index (κ1) is 14.7. The maximum Gasteiger partial charge on any atom is 0.240 e. The van der Waals surface area contributed by atoms with Crippen molar-refractivity contribution in [1.29, 1.82) is 5.26 Å². The smallest absolute Gasteiger partial charge is 0.208 e. The van der Waals surface area contributed by atoms with E-state index in [-0.39, 0.29) is 10.9 Å². The second-order valence-electron chi connectivity index (χ2n) is 4.30. The average Bonchev–Trinajstić information content (AvgIpc) is 2.36. The maximum absolute atomic E-state index is 12.0. The summed E-state index contributed by atoms with van der Waals surface area (Å²) in [4.78, 5) is 0.199. The van der Waals surface area contributed by atoms with Gasteiger partial charge < -0.3 is 0 Å². The standard InChI is InChI=1S/C13H18N2O2S/c1-3-4-5-11(2)15-18(16,17)13-8-6-12(10-14)7-9-13/h6-9,11,15H,3-5H2,1-2H3. The number of benzene rings is 1. The molecule has 0 aliphatic heterocycles. The van der Waals surface area contributed by atoms with Gasteiger partial charge in [-0.1, -0.05) is 19.8 Å². The quantitative estimate of drug-likeness (QED) is 0.859. The van der Waals surface area contributed by atoms with Crippen molar-refractivity contribution < 1.29 is 8.42 Å². The lowest BCUT2D eigenvalue weighted by Crippen LogP contribution is -2.32. The van der Waals surface area contributed by atoms with Crippen LogP contribution in [0.2, 0.25) is 0 Å². The molecule has 0 amide bonds. The molecular formula is C13H18N2O2S. The Morgan fingerprint density at radius 1 is 1.33 bits per heavy atom. The lowest BCUT2D eigenvalue weighted by atomic mass is 10.2. The fourth-order valence-electron chi connectivity index (χ4n) is 1.61. The fraction of sp³-hybridized carbons (Fsp3) is 0.462. The summed E-state index contributed by atoms with van der Waals surface area (Å²) in [7, 11) is -3.47. The first-order valence-electron chi connectivity index (χ1n) is 6.02. The molecule has 0 radical (unpaired) electrons. The van der Waals surface area contributed by atoms with Crippen molar-refractivity contribution in [3.8, 4) is 6.07 Å². The van der Waals surface area contributed by atoms with Crippen molar-refractivity contribution in [3.05, 3.63) is 29.8 Å². The van der Waals surface area contributed by atoms with Crippen LogP contribution in [0, 0.1) is 11.3 Å². The van der Waals surface area contributed by atoms with E-state index < -0.39 is 10.0 Å². The third kappa shape index (κ3) is 4.13. The molecule has 0 saturated heterocycles. The summed E-state index contributed by atoms with van der Waals surface area (Å²) in [6, 6.07) is 7.80. The maximum atomic E-state index is 12.0. The van der Waals surface area contributed by atoms with Gasteiger partial charge in [-0.25, -0.2) is 13.1 Å². The Hall–Kier alpha value is -1.38. The molecule has 5 heteroatoms. The molecule has 4 nitrogen and oxygen atoms in total. The molecule has 0 saturated carbocycles. The number of unbranched alkanes of at least 4 members (excludes halogenated alkanes) is 1. The Morgan fingerprint density at radius 2 is 1.94 bits per heavy atom. The average molecular weight is 266 g/mol. The summed E-state index contributed by atoms with van der Waals surface area (Å²) in [5, 5.41) is 8.66. The first-order valence-corrected chi connectivity index (χ1v) is 7.50. The van der Waals surface area contributed by atoms with Gasteiger partial charge in [0.2, 0.25) is 10.0 Å². The van der Waals surface area contributed by atoms with E-state index in [9.17, 15) is 8.42 Å². The van der Waals surface area contributed by atoms with E-state index >= 15 is 0 Å². The molecule has 0 fully saturated rings. The normalized spacial score (nSPS) is 12.9. The molecule has 0 aliphatic carbocycles. The van der Waals surface area contributed by atoms with Crippen molar-refractivity contribution >= 4 is 10.0 Å². The number of sulfonamides is 1. The molecule has 0 bridgehead atoms. The minimum Gasteiger partial charge on any atom is -0.208 e. The fourth-order valence-corrected chi connectivity index (χ4v) is 2.89. The van der Waals surface area contributed by atoms with E-state index in [1.165, 1.54) is 24.3 Å². The topological polar surface area (TPSA) is 70.0 Å². The minimum atomic E-state index is -3.47. The summed E-state index contributed by atoms with van der Waals surface area (Å²) in [6.07, 6.45) is 2.87. The highest BCUT2D eigenvalue weighted by molar-refractivity contribution is 7.89. The minimum absolute atomic E-state index is 0.0782. The Morgan fingerprint density at radius 3 is 2.44 bits per heavy atom. The van der Waals surface area contributed by atoms with Gasteiger partial charge in [-0.15, -0.1) is 0 Å². The molecule has 1 aromatic rings. The van der Waals surface area contributed by atoms with Crippen molar-refractivity contribution in [2.45, 2.75) is 44.0 Å². The van der Waals surface area contributed by atoms with Gasteiger partial charge in [-0.2, -0.15) is 5.26 Å². The zero-order valence-corrected chi connectivity index (χ0v) is 11.5. The first-order chi connectivity index (χ1) is 8.49. The van der Waals surface area contributed by atoms with Crippen molar-refractivity contribution in [2.24, 2.45) is 0 Å². The van der Waals surface area contributed by atoms with Crippen LogP contribution in [-0.2, 0) is 10.0 Å². The monoisotopic (exact) mass is 266 g/mol. The Labute approximate surface area is 109 Å². The third-order valence-corrected chi connectivity index (χ3v) is 4.25. The van der Waals surface area contributed by atoms with E-state index in [1.807, 2.05) is 13.0 Å². The number of hydrogen-bond acceptors (Lipinski definition) is 3. The van der Waals surface area contributed by atoms with Crippen LogP contribution in [0.25, 0.3) is 0 Å². The van der Waals surface area contributed by atoms with Crippen LogP contribution in [0.1, 0.15) is 38.7 Å². The van der Waals surface area contributed by atoms with Crippen molar-refractivity contribution in [3.63, 3.8) is 0 Å². The lowest BCUT2D eigenvalue weighted by molar-refractivity contribution is 0.534. The van der Waals surface area contributed by atoms with Crippen LogP contribution in [-0.4, -0.2) is 14.5 Å². The van der Waals surface area contributed by atoms with Crippen LogP contribution in [0.3, 0.4) is 0 Å². The summed E-state index contributed by atoms with van der Waals surface area (Å²) < 4.78 is 26.7. The molecule has 0 aliphatic rings. The van der Waals surface area contributed by atoms with Gasteiger partial charge in [0.1, 0.15) is 0 Å². The molecule has 0 heterocycles. The molecule has 98 valence electrons. The van der Waals surface area contributed by atoms with E-state index in [0.717, 1.165) is 19.3 Å². The zero-order valence-electron chi connectivity index (χ0n) is 10.7. The second-order valence-corrected chi connectivity index (χ2v) is 6.01. The van der Waals surface area contributed by atoms with Gasteiger partial charge in [-0.05, 0) is 37.6 Å². The lowest BCUT2D eigenvalue weighted by Gasteiger charge is -2.13. The number of hydrogen-bond donors (Lipinski definition) is 1. The zero-order chi connectivity index (χ0) is 13.6. The van der Waals surface area contributed by atoms with Gasteiger partial charge in [0.05, 0.1) is 16.5 Å². The highest BCUT2D eigenvalue weighted by Gasteiger charge is 2.16. The van der Waals surface area contributed by atoms with Crippen LogP contribution in [0.15, 0.2) is 29.2 Å². The van der Waals surface area contributed by atoms with E-state index in [2.05, 4.69) is 11.6 Å². The van der Waals surface area contributed by atoms with E-state index in [4.69, 9.17) is 5.26 Å². The number of nitrogens with zero attached hydrogens (tertiary/aromatic N) is 1. The van der Waals surface area contributed by atoms with Crippen molar-refractivity contribution in [1.82, 2.24) is 4.72 Å². The van der Waals surface area contributed by atoms with Gasteiger partial charge >= 0.3 is 0 Å². The van der Waals surface area contributed by atoms with Gasteiger partial charge in [0.15, 0.2) is 0 Å². The van der Waals surface area contributed by atoms with E-state index in [0.29, 0.717) is 5.56 Å². The van der Waals surface area contributed by atoms with Gasteiger partial charge in [0, 0.05) is 6.04 Å². The molecule has 0 aromatic heterocycles. The summed E-state index contributed by atoms with van der Waals surface area (Å²) >= 11 is 0. The summed E-state index contributed by atoms with van der Waals surface area (Å²) in [5.41, 5.74) is 0.452. The third-order valence-electron chi connectivity index (χ3n) is 2.64. The Balaban J connectivity index is 2.76. The molecule has 18 heavy (non-hydrogen) atoms. The van der Waals surface area contributed by atoms with Crippen LogP contribution >= 0.6 is 0 Å². The molecular weight excluding hydrogens is 248 g/mol. The van der Waals surface area contributed by atoms with Crippen LogP contribution in [0.4, 0.5) is 0 Å². The van der Waals surface area contributed by atoms with Gasteiger partial charge in [0.25, 0.3) is 0 Å². The predicted molar refractivity (Wildman–Crippen MR) is 70.5 cm³/mol. The summed E-state index contributed by atoms with van der Waals surface area (Å²) in [6.45, 7) is 3.93. The Bertz CT molecular complexity index is 515. The SMILES string of the molecule is CCCCC(C)NS(=O)(=O)c1ccc(C#N)cc1. The van der Waals surface area contributed by atoms with Crippen molar-refractivity contribution in [2.75, 3.05) is 0 Å². The second kappa shape index (κ2) is 6.53. The highest BCUT2D eigenvalue weighted by Crippen LogP contribution is 2.11. The number of nitrogens with one attached hydrogen (secondary N) is 1. The van der Waals surface area contributed by atoms with Crippen LogP contribution in [0.5, 0.6) is 0 Å². The molecule has 0 spiro atoms.